The highest BCUT2D eigenvalue weighted by atomic mass is 32.2. The highest BCUT2D eigenvalue weighted by Gasteiger charge is 2.18. The molecular weight excluding hydrogens is 300 g/mol. The second-order valence-corrected chi connectivity index (χ2v) is 7.84. The molecule has 3 heterocycles. The van der Waals surface area contributed by atoms with Crippen LogP contribution in [-0.2, 0) is 0 Å². The van der Waals surface area contributed by atoms with E-state index in [0.29, 0.717) is 0 Å². The molecule has 1 aliphatic rings. The van der Waals surface area contributed by atoms with Crippen molar-refractivity contribution < 1.29 is 0 Å². The molecule has 108 valence electrons. The van der Waals surface area contributed by atoms with Crippen molar-refractivity contribution in [2.24, 2.45) is 0 Å². The molecule has 0 radical (unpaired) electrons. The lowest BCUT2D eigenvalue weighted by Crippen LogP contribution is -2.07. The van der Waals surface area contributed by atoms with Gasteiger partial charge >= 0.3 is 0 Å². The van der Waals surface area contributed by atoms with Crippen LogP contribution in [0.25, 0.3) is 16.2 Å². The number of fused-ring (bicyclic) bond motifs is 1. The van der Waals surface area contributed by atoms with Crippen LogP contribution in [0.15, 0.2) is 35.1 Å². The van der Waals surface area contributed by atoms with Gasteiger partial charge in [0, 0.05) is 23.2 Å². The Labute approximate surface area is 131 Å². The summed E-state index contributed by atoms with van der Waals surface area (Å²) in [7, 11) is 0. The molecule has 4 nitrogen and oxygen atoms in total. The summed E-state index contributed by atoms with van der Waals surface area (Å²) in [4.78, 5) is 9.77. The number of pyridine rings is 1. The van der Waals surface area contributed by atoms with Gasteiger partial charge in [-0.1, -0.05) is 42.4 Å². The average molecular weight is 316 g/mol. The molecule has 0 aliphatic heterocycles. The Balaban J connectivity index is 1.56. The zero-order valence-corrected chi connectivity index (χ0v) is 13.2. The van der Waals surface area contributed by atoms with Crippen molar-refractivity contribution >= 4 is 28.1 Å². The molecule has 1 aliphatic carbocycles. The Morgan fingerprint density at radius 3 is 2.90 bits per heavy atom. The molecule has 0 atom stereocenters. The molecule has 1 saturated carbocycles. The SMILES string of the molecule is c1cncc(-c2cn3nc(SC4CCCCC4)sc3n2)c1. The van der Waals surface area contributed by atoms with Crippen molar-refractivity contribution in [3.05, 3.63) is 30.7 Å². The first kappa shape index (κ1) is 13.3. The molecule has 3 aromatic rings. The van der Waals surface area contributed by atoms with Crippen LogP contribution in [0.3, 0.4) is 0 Å². The summed E-state index contributed by atoms with van der Waals surface area (Å²) in [5.41, 5.74) is 1.98. The topological polar surface area (TPSA) is 43.1 Å². The first-order valence-corrected chi connectivity index (χ1v) is 9.01. The molecule has 0 saturated heterocycles. The van der Waals surface area contributed by atoms with Crippen LogP contribution >= 0.6 is 23.1 Å². The highest BCUT2D eigenvalue weighted by molar-refractivity contribution is 8.01. The molecular formula is C15H16N4S2. The number of hydrogen-bond donors (Lipinski definition) is 0. The van der Waals surface area contributed by atoms with Gasteiger partial charge in [0.05, 0.1) is 11.9 Å². The van der Waals surface area contributed by atoms with E-state index in [2.05, 4.69) is 15.1 Å². The normalized spacial score (nSPS) is 16.6. The van der Waals surface area contributed by atoms with Crippen LogP contribution < -0.4 is 0 Å². The van der Waals surface area contributed by atoms with Gasteiger partial charge in [0.1, 0.15) is 0 Å². The zero-order valence-electron chi connectivity index (χ0n) is 11.6. The maximum atomic E-state index is 4.67. The molecule has 21 heavy (non-hydrogen) atoms. The molecule has 0 bridgehead atoms. The number of imidazole rings is 1. The Bertz CT molecular complexity index is 697. The van der Waals surface area contributed by atoms with Gasteiger partial charge in [0.2, 0.25) is 4.96 Å². The Hall–Kier alpha value is -1.40. The van der Waals surface area contributed by atoms with Gasteiger partial charge < -0.3 is 0 Å². The molecule has 3 aromatic heterocycles. The smallest absolute Gasteiger partial charge is 0.213 e. The summed E-state index contributed by atoms with van der Waals surface area (Å²) in [6, 6.07) is 3.96. The number of thioether (sulfide) groups is 1. The highest BCUT2D eigenvalue weighted by Crippen LogP contribution is 2.36. The van der Waals surface area contributed by atoms with Gasteiger partial charge in [0.15, 0.2) is 4.34 Å². The van der Waals surface area contributed by atoms with E-state index in [4.69, 9.17) is 0 Å². The van der Waals surface area contributed by atoms with Crippen molar-refractivity contribution in [2.75, 3.05) is 0 Å². The number of nitrogens with zero attached hydrogens (tertiary/aromatic N) is 4. The third-order valence-electron chi connectivity index (χ3n) is 3.80. The van der Waals surface area contributed by atoms with Crippen molar-refractivity contribution in [1.82, 2.24) is 19.6 Å². The van der Waals surface area contributed by atoms with Gasteiger partial charge in [-0.3, -0.25) is 4.98 Å². The Morgan fingerprint density at radius 1 is 1.24 bits per heavy atom. The van der Waals surface area contributed by atoms with Crippen LogP contribution in [0.5, 0.6) is 0 Å². The van der Waals surface area contributed by atoms with Gasteiger partial charge in [0.25, 0.3) is 0 Å². The average Bonchev–Trinajstić information content (AvgIpc) is 3.07. The maximum Gasteiger partial charge on any atom is 0.213 e. The van der Waals surface area contributed by atoms with E-state index < -0.39 is 0 Å². The van der Waals surface area contributed by atoms with Crippen LogP contribution in [0.2, 0.25) is 0 Å². The lowest BCUT2D eigenvalue weighted by Gasteiger charge is -2.19. The number of rotatable bonds is 3. The van der Waals surface area contributed by atoms with Crippen LogP contribution in [0.1, 0.15) is 32.1 Å². The third-order valence-corrected chi connectivity index (χ3v) is 6.15. The predicted molar refractivity (Wildman–Crippen MR) is 86.8 cm³/mol. The van der Waals surface area contributed by atoms with Crippen molar-refractivity contribution in [2.45, 2.75) is 41.7 Å². The van der Waals surface area contributed by atoms with Gasteiger partial charge in [-0.15, -0.1) is 5.10 Å². The van der Waals surface area contributed by atoms with E-state index in [-0.39, 0.29) is 0 Å². The first-order valence-electron chi connectivity index (χ1n) is 7.32. The molecule has 0 amide bonds. The third kappa shape index (κ3) is 2.82. The second-order valence-electron chi connectivity index (χ2n) is 5.34. The zero-order chi connectivity index (χ0) is 14.1. The molecule has 1 fully saturated rings. The quantitative estimate of drug-likeness (QED) is 0.723. The summed E-state index contributed by atoms with van der Waals surface area (Å²) >= 11 is 3.62. The molecule has 0 unspecified atom stereocenters. The molecule has 6 heteroatoms. The van der Waals surface area contributed by atoms with Crippen molar-refractivity contribution in [3.63, 3.8) is 0 Å². The van der Waals surface area contributed by atoms with E-state index in [9.17, 15) is 0 Å². The summed E-state index contributed by atoms with van der Waals surface area (Å²) in [5, 5.41) is 5.41. The van der Waals surface area contributed by atoms with E-state index >= 15 is 0 Å². The minimum atomic E-state index is 0.743. The fraction of sp³-hybridized carbons (Fsp3) is 0.400. The molecule has 0 aromatic carbocycles. The first-order chi connectivity index (χ1) is 10.4. The van der Waals surface area contributed by atoms with Gasteiger partial charge in [-0.05, 0) is 25.0 Å². The lowest BCUT2D eigenvalue weighted by molar-refractivity contribution is 0.516. The van der Waals surface area contributed by atoms with Crippen molar-refractivity contribution in [1.29, 1.82) is 0 Å². The largest absolute Gasteiger partial charge is 0.264 e. The van der Waals surface area contributed by atoms with E-state index in [1.165, 1.54) is 32.1 Å². The fourth-order valence-corrected chi connectivity index (χ4v) is 5.14. The Kier molecular flexibility index (Phi) is 3.65. The van der Waals surface area contributed by atoms with E-state index in [1.54, 1.807) is 17.5 Å². The second kappa shape index (κ2) is 5.77. The van der Waals surface area contributed by atoms with Gasteiger partial charge in [-0.2, -0.15) is 0 Å². The minimum Gasteiger partial charge on any atom is -0.264 e. The standard InChI is InChI=1S/C15H16N4S2/c1-2-6-12(7-3-1)20-15-18-19-10-13(17-14(19)21-15)11-5-4-8-16-9-11/h4-5,8-10,12H,1-3,6-7H2. The summed E-state index contributed by atoms with van der Waals surface area (Å²) in [6.07, 6.45) is 12.4. The molecule has 4 rings (SSSR count). The molecule has 0 N–H and O–H groups in total. The van der Waals surface area contributed by atoms with Crippen LogP contribution in [-0.4, -0.2) is 24.8 Å². The fourth-order valence-electron chi connectivity index (χ4n) is 2.71. The monoisotopic (exact) mass is 316 g/mol. The molecule has 0 spiro atoms. The van der Waals surface area contributed by atoms with Gasteiger partial charge in [-0.25, -0.2) is 9.50 Å². The summed E-state index contributed by atoms with van der Waals surface area (Å²) in [6.45, 7) is 0. The number of hydrogen-bond acceptors (Lipinski definition) is 5. The number of aromatic nitrogens is 4. The Morgan fingerprint density at radius 2 is 2.14 bits per heavy atom. The van der Waals surface area contributed by atoms with Crippen LogP contribution in [0, 0.1) is 0 Å². The van der Waals surface area contributed by atoms with E-state index in [1.807, 2.05) is 40.8 Å². The predicted octanol–water partition coefficient (Wildman–Crippen LogP) is 4.28. The lowest BCUT2D eigenvalue weighted by atomic mass is 10.0. The van der Waals surface area contributed by atoms with Crippen molar-refractivity contribution in [3.8, 4) is 11.3 Å². The maximum absolute atomic E-state index is 4.67. The summed E-state index contributed by atoms with van der Waals surface area (Å²) < 4.78 is 3.04. The van der Waals surface area contributed by atoms with E-state index in [0.717, 1.165) is 25.8 Å². The minimum absolute atomic E-state index is 0.743. The summed E-state index contributed by atoms with van der Waals surface area (Å²) in [5.74, 6) is 0. The van der Waals surface area contributed by atoms with Crippen LogP contribution in [0.4, 0.5) is 0 Å².